The van der Waals surface area contributed by atoms with Crippen LogP contribution >= 0.6 is 0 Å². The highest BCUT2D eigenvalue weighted by Gasteiger charge is 2.58. The molecule has 0 aliphatic heterocycles. The van der Waals surface area contributed by atoms with Gasteiger partial charge < -0.3 is 10.1 Å². The van der Waals surface area contributed by atoms with E-state index in [2.05, 4.69) is 41.9 Å². The molecule has 0 amide bonds. The predicted molar refractivity (Wildman–Crippen MR) is 84.4 cm³/mol. The van der Waals surface area contributed by atoms with Crippen molar-refractivity contribution in [3.05, 3.63) is 17.5 Å². The van der Waals surface area contributed by atoms with Crippen LogP contribution in [0.25, 0.3) is 0 Å². The summed E-state index contributed by atoms with van der Waals surface area (Å²) in [6.45, 7) is 9.27. The molecular weight excluding hydrogens is 262 g/mol. The molecule has 2 aliphatic rings. The zero-order chi connectivity index (χ0) is 14.9. The summed E-state index contributed by atoms with van der Waals surface area (Å²) in [5, 5.41) is 8.30. The molecular formula is C17H29N3O. The van der Waals surface area contributed by atoms with Crippen LogP contribution in [0.1, 0.15) is 50.4 Å². The Bertz CT molecular complexity index is 478. The van der Waals surface area contributed by atoms with Crippen molar-refractivity contribution in [3.8, 4) is 0 Å². The summed E-state index contributed by atoms with van der Waals surface area (Å²) in [4.78, 5) is 0. The van der Waals surface area contributed by atoms with Gasteiger partial charge in [-0.05, 0) is 59.1 Å². The minimum absolute atomic E-state index is 0.480. The highest BCUT2D eigenvalue weighted by molar-refractivity contribution is 5.12. The standard InChI is InChI=1S/C17H29N3O/c1-4-21-16-12-15(17(16)7-5-8-17)18-9-6-10-20-14(3)11-13(2)19-20/h11,15-16,18H,4-10,12H2,1-3H3. The summed E-state index contributed by atoms with van der Waals surface area (Å²) in [6, 6.07) is 2.83. The number of hydrogen-bond donors (Lipinski definition) is 1. The average Bonchev–Trinajstić information content (AvgIpc) is 2.68. The Kier molecular flexibility index (Phi) is 4.36. The van der Waals surface area contributed by atoms with Crippen LogP contribution in [-0.4, -0.2) is 35.1 Å². The second kappa shape index (κ2) is 6.09. The topological polar surface area (TPSA) is 39.1 Å². The van der Waals surface area contributed by atoms with Gasteiger partial charge in [0.05, 0.1) is 11.8 Å². The highest BCUT2D eigenvalue weighted by atomic mass is 16.5. The molecule has 2 fully saturated rings. The highest BCUT2D eigenvalue weighted by Crippen LogP contribution is 2.57. The average molecular weight is 291 g/mol. The monoisotopic (exact) mass is 291 g/mol. The SMILES string of the molecule is CCOC1CC(NCCCn2nc(C)cc2C)C12CCC2. The molecule has 4 nitrogen and oxygen atoms in total. The van der Waals surface area contributed by atoms with E-state index in [-0.39, 0.29) is 0 Å². The fourth-order valence-corrected chi connectivity index (χ4v) is 4.13. The Morgan fingerprint density at radius 1 is 1.43 bits per heavy atom. The molecule has 2 aliphatic carbocycles. The maximum atomic E-state index is 5.91. The molecule has 1 heterocycles. The van der Waals surface area contributed by atoms with Gasteiger partial charge in [0.25, 0.3) is 0 Å². The Morgan fingerprint density at radius 3 is 2.81 bits per heavy atom. The van der Waals surface area contributed by atoms with Crippen molar-refractivity contribution in [2.75, 3.05) is 13.2 Å². The van der Waals surface area contributed by atoms with E-state index >= 15 is 0 Å². The van der Waals surface area contributed by atoms with Gasteiger partial charge in [0.15, 0.2) is 0 Å². The molecule has 0 aromatic carbocycles. The van der Waals surface area contributed by atoms with Crippen molar-refractivity contribution in [2.24, 2.45) is 5.41 Å². The van der Waals surface area contributed by atoms with Gasteiger partial charge in [0, 0.05) is 30.3 Å². The molecule has 3 rings (SSSR count). The van der Waals surface area contributed by atoms with E-state index in [0.717, 1.165) is 31.8 Å². The molecule has 4 heteroatoms. The van der Waals surface area contributed by atoms with Crippen LogP contribution in [0.4, 0.5) is 0 Å². The van der Waals surface area contributed by atoms with E-state index in [0.29, 0.717) is 17.6 Å². The first-order valence-corrected chi connectivity index (χ1v) is 8.52. The number of nitrogens with one attached hydrogen (secondary N) is 1. The van der Waals surface area contributed by atoms with E-state index in [9.17, 15) is 0 Å². The fraction of sp³-hybridized carbons (Fsp3) is 0.824. The number of aromatic nitrogens is 2. The molecule has 21 heavy (non-hydrogen) atoms. The summed E-state index contributed by atoms with van der Waals surface area (Å²) in [6.07, 6.45) is 6.96. The summed E-state index contributed by atoms with van der Waals surface area (Å²) >= 11 is 0. The van der Waals surface area contributed by atoms with Gasteiger partial charge in [-0.15, -0.1) is 0 Å². The number of nitrogens with zero attached hydrogens (tertiary/aromatic N) is 2. The third-order valence-corrected chi connectivity index (χ3v) is 5.48. The number of hydrogen-bond acceptors (Lipinski definition) is 3. The van der Waals surface area contributed by atoms with Crippen LogP contribution in [-0.2, 0) is 11.3 Å². The van der Waals surface area contributed by atoms with Crippen molar-refractivity contribution in [2.45, 2.75) is 71.6 Å². The smallest absolute Gasteiger partial charge is 0.0661 e. The third-order valence-electron chi connectivity index (χ3n) is 5.48. The summed E-state index contributed by atoms with van der Waals surface area (Å²) in [5.41, 5.74) is 2.87. The minimum atomic E-state index is 0.480. The summed E-state index contributed by atoms with van der Waals surface area (Å²) in [5.74, 6) is 0. The largest absolute Gasteiger partial charge is 0.378 e. The molecule has 1 spiro atoms. The molecule has 0 bridgehead atoms. The normalized spacial score (nSPS) is 26.6. The first kappa shape index (κ1) is 15.0. The number of rotatable bonds is 7. The fourth-order valence-electron chi connectivity index (χ4n) is 4.13. The van der Waals surface area contributed by atoms with E-state index in [4.69, 9.17) is 4.74 Å². The van der Waals surface area contributed by atoms with Gasteiger partial charge in [0.2, 0.25) is 0 Å². The Hall–Kier alpha value is -0.870. The van der Waals surface area contributed by atoms with Crippen LogP contribution in [0, 0.1) is 19.3 Å². The summed E-state index contributed by atoms with van der Waals surface area (Å²) < 4.78 is 8.03. The van der Waals surface area contributed by atoms with E-state index < -0.39 is 0 Å². The zero-order valence-electron chi connectivity index (χ0n) is 13.7. The molecule has 1 N–H and O–H groups in total. The van der Waals surface area contributed by atoms with Gasteiger partial charge in [0.1, 0.15) is 0 Å². The number of ether oxygens (including phenoxy) is 1. The first-order chi connectivity index (χ1) is 10.2. The number of aryl methyl sites for hydroxylation is 3. The molecule has 2 atom stereocenters. The molecule has 0 radical (unpaired) electrons. The Labute approximate surface area is 128 Å². The van der Waals surface area contributed by atoms with Gasteiger partial charge in [-0.3, -0.25) is 4.68 Å². The third kappa shape index (κ3) is 2.76. The second-order valence-electron chi connectivity index (χ2n) is 6.78. The van der Waals surface area contributed by atoms with E-state index in [1.165, 1.54) is 31.4 Å². The molecule has 2 saturated carbocycles. The molecule has 118 valence electrons. The van der Waals surface area contributed by atoms with Crippen LogP contribution in [0.15, 0.2) is 6.07 Å². The molecule has 1 aromatic rings. The Balaban J connectivity index is 1.41. The van der Waals surface area contributed by atoms with Gasteiger partial charge >= 0.3 is 0 Å². The lowest BCUT2D eigenvalue weighted by atomic mass is 9.51. The predicted octanol–water partition coefficient (Wildman–Crippen LogP) is 2.83. The van der Waals surface area contributed by atoms with Gasteiger partial charge in [-0.1, -0.05) is 6.42 Å². The van der Waals surface area contributed by atoms with Crippen LogP contribution in [0.3, 0.4) is 0 Å². The van der Waals surface area contributed by atoms with E-state index in [1.807, 2.05) is 0 Å². The van der Waals surface area contributed by atoms with Crippen LogP contribution in [0.5, 0.6) is 0 Å². The molecule has 2 unspecified atom stereocenters. The maximum Gasteiger partial charge on any atom is 0.0661 e. The second-order valence-corrected chi connectivity index (χ2v) is 6.78. The van der Waals surface area contributed by atoms with Gasteiger partial charge in [-0.25, -0.2) is 0 Å². The lowest BCUT2D eigenvalue weighted by Crippen LogP contribution is -2.66. The maximum absolute atomic E-state index is 5.91. The quantitative estimate of drug-likeness (QED) is 0.785. The lowest BCUT2D eigenvalue weighted by Gasteiger charge is -2.61. The van der Waals surface area contributed by atoms with Crippen molar-refractivity contribution < 1.29 is 4.74 Å². The zero-order valence-corrected chi connectivity index (χ0v) is 13.7. The van der Waals surface area contributed by atoms with Crippen LogP contribution in [0.2, 0.25) is 0 Å². The van der Waals surface area contributed by atoms with Crippen LogP contribution < -0.4 is 5.32 Å². The minimum Gasteiger partial charge on any atom is -0.378 e. The van der Waals surface area contributed by atoms with Gasteiger partial charge in [-0.2, -0.15) is 5.10 Å². The summed E-state index contributed by atoms with van der Waals surface area (Å²) in [7, 11) is 0. The van der Waals surface area contributed by atoms with E-state index in [1.54, 1.807) is 0 Å². The Morgan fingerprint density at radius 2 is 2.24 bits per heavy atom. The first-order valence-electron chi connectivity index (χ1n) is 8.52. The molecule has 1 aromatic heterocycles. The molecule has 0 saturated heterocycles. The van der Waals surface area contributed by atoms with Crippen molar-refractivity contribution in [1.29, 1.82) is 0 Å². The van der Waals surface area contributed by atoms with Crippen molar-refractivity contribution in [1.82, 2.24) is 15.1 Å². The van der Waals surface area contributed by atoms with Crippen molar-refractivity contribution >= 4 is 0 Å². The lowest BCUT2D eigenvalue weighted by molar-refractivity contribution is -0.172. The van der Waals surface area contributed by atoms with Crippen molar-refractivity contribution in [3.63, 3.8) is 0 Å².